The number of alkyl halides is 3. The second-order valence-corrected chi connectivity index (χ2v) is 8.77. The van der Waals surface area contributed by atoms with Crippen molar-refractivity contribution in [2.45, 2.75) is 24.6 Å². The minimum absolute atomic E-state index is 0.277. The van der Waals surface area contributed by atoms with Crippen molar-refractivity contribution in [3.05, 3.63) is 75.4 Å². The van der Waals surface area contributed by atoms with Gasteiger partial charge in [-0.15, -0.1) is 0 Å². The van der Waals surface area contributed by atoms with Crippen LogP contribution >= 0.6 is 23.2 Å². The van der Waals surface area contributed by atoms with Crippen molar-refractivity contribution < 1.29 is 18.0 Å². The van der Waals surface area contributed by atoms with Crippen LogP contribution in [0, 0.1) is 0 Å². The second-order valence-electron chi connectivity index (χ2n) is 7.96. The molecule has 10 heteroatoms. The van der Waals surface area contributed by atoms with Crippen LogP contribution < -0.4 is 10.6 Å². The van der Waals surface area contributed by atoms with Gasteiger partial charge in [-0.25, -0.2) is 0 Å². The van der Waals surface area contributed by atoms with E-state index in [9.17, 15) is 18.0 Å². The zero-order valence-electron chi connectivity index (χ0n) is 17.6. The van der Waals surface area contributed by atoms with Gasteiger partial charge in [0, 0.05) is 36.7 Å². The fraction of sp³-hybridized carbons (Fsp3) is 0.304. The van der Waals surface area contributed by atoms with E-state index in [1.165, 1.54) is 6.07 Å². The predicted molar refractivity (Wildman–Crippen MR) is 122 cm³/mol. The van der Waals surface area contributed by atoms with Crippen LogP contribution in [0.5, 0.6) is 0 Å². The van der Waals surface area contributed by atoms with Crippen LogP contribution in [-0.4, -0.2) is 34.8 Å². The SMILES string of the molecule is Cn1ncc(Cl)c1-c1ccc(C(=O)N[C@@H]2CNCC[C@H]2c2ccc(Cl)c(C(F)(F)F)c2)cc1. The number of nitrogens with zero attached hydrogens (tertiary/aromatic N) is 2. The third-order valence-corrected chi connectivity index (χ3v) is 6.44. The third kappa shape index (κ3) is 5.03. The number of nitrogens with one attached hydrogen (secondary N) is 2. The zero-order chi connectivity index (χ0) is 23.8. The molecule has 2 N–H and O–H groups in total. The fourth-order valence-corrected chi connectivity index (χ4v) is 4.67. The van der Waals surface area contributed by atoms with Crippen LogP contribution in [0.2, 0.25) is 10.0 Å². The molecule has 0 saturated carbocycles. The molecule has 0 radical (unpaired) electrons. The number of aryl methyl sites for hydroxylation is 1. The number of rotatable bonds is 4. The first-order valence-corrected chi connectivity index (χ1v) is 11.1. The highest BCUT2D eigenvalue weighted by molar-refractivity contribution is 6.33. The van der Waals surface area contributed by atoms with E-state index in [-0.39, 0.29) is 22.9 Å². The van der Waals surface area contributed by atoms with Crippen molar-refractivity contribution in [2.75, 3.05) is 13.1 Å². The number of benzene rings is 2. The summed E-state index contributed by atoms with van der Waals surface area (Å²) < 4.78 is 41.6. The van der Waals surface area contributed by atoms with E-state index in [0.717, 1.165) is 17.3 Å². The fourth-order valence-electron chi connectivity index (χ4n) is 4.17. The summed E-state index contributed by atoms with van der Waals surface area (Å²) in [4.78, 5) is 12.9. The highest BCUT2D eigenvalue weighted by Crippen LogP contribution is 2.38. The topological polar surface area (TPSA) is 59.0 Å². The average molecular weight is 497 g/mol. The number of amides is 1. The molecule has 1 amide bonds. The van der Waals surface area contributed by atoms with E-state index in [1.807, 2.05) is 0 Å². The lowest BCUT2D eigenvalue weighted by atomic mass is 9.85. The minimum Gasteiger partial charge on any atom is -0.347 e. The normalized spacial score (nSPS) is 18.8. The van der Waals surface area contributed by atoms with Crippen LogP contribution in [0.25, 0.3) is 11.3 Å². The number of aromatic nitrogens is 2. The maximum Gasteiger partial charge on any atom is 0.417 e. The molecular formula is C23H21Cl2F3N4O. The summed E-state index contributed by atoms with van der Waals surface area (Å²) in [5.41, 5.74) is 1.63. The predicted octanol–water partition coefficient (Wildman–Crippen LogP) is 5.29. The molecule has 0 unspecified atom stereocenters. The van der Waals surface area contributed by atoms with Crippen molar-refractivity contribution in [2.24, 2.45) is 7.05 Å². The first-order valence-electron chi connectivity index (χ1n) is 10.3. The Bertz CT molecular complexity index is 1140. The van der Waals surface area contributed by atoms with E-state index >= 15 is 0 Å². The maximum atomic E-state index is 13.3. The third-order valence-electron chi connectivity index (χ3n) is 5.84. The quantitative estimate of drug-likeness (QED) is 0.515. The standard InChI is InChI=1S/C23H21Cl2F3N4O/c1-32-21(19(25)11-30-32)13-2-4-14(5-3-13)22(33)31-20-12-29-9-8-16(20)15-6-7-18(24)17(10-15)23(26,27)28/h2-7,10-11,16,20,29H,8-9,12H2,1H3,(H,31,33)/t16-,20+/m0/s1. The number of halogens is 5. The number of piperidine rings is 1. The molecule has 4 rings (SSSR count). The molecule has 174 valence electrons. The smallest absolute Gasteiger partial charge is 0.347 e. The molecule has 33 heavy (non-hydrogen) atoms. The Hall–Kier alpha value is -2.55. The summed E-state index contributed by atoms with van der Waals surface area (Å²) in [5.74, 6) is -0.581. The highest BCUT2D eigenvalue weighted by Gasteiger charge is 2.35. The molecule has 1 aliphatic heterocycles. The summed E-state index contributed by atoms with van der Waals surface area (Å²) >= 11 is 12.0. The summed E-state index contributed by atoms with van der Waals surface area (Å²) in [5, 5.41) is 10.5. The zero-order valence-corrected chi connectivity index (χ0v) is 19.1. The van der Waals surface area contributed by atoms with E-state index in [2.05, 4.69) is 15.7 Å². The van der Waals surface area contributed by atoms with Crippen molar-refractivity contribution in [3.63, 3.8) is 0 Å². The molecule has 1 fully saturated rings. The number of carbonyl (C=O) groups excluding carboxylic acids is 1. The Kier molecular flexibility index (Phi) is 6.70. The van der Waals surface area contributed by atoms with Gasteiger partial charge in [0.15, 0.2) is 0 Å². The van der Waals surface area contributed by atoms with Crippen molar-refractivity contribution in [3.8, 4) is 11.3 Å². The number of carbonyl (C=O) groups is 1. The van der Waals surface area contributed by atoms with Gasteiger partial charge in [-0.1, -0.05) is 41.4 Å². The van der Waals surface area contributed by atoms with Crippen LogP contribution in [0.3, 0.4) is 0 Å². The molecule has 2 heterocycles. The lowest BCUT2D eigenvalue weighted by Gasteiger charge is -2.33. The van der Waals surface area contributed by atoms with E-state index in [4.69, 9.17) is 23.2 Å². The average Bonchev–Trinajstić information content (AvgIpc) is 3.12. The summed E-state index contributed by atoms with van der Waals surface area (Å²) in [7, 11) is 1.78. The second kappa shape index (κ2) is 9.37. The van der Waals surface area contributed by atoms with Gasteiger partial charge in [0.2, 0.25) is 0 Å². The molecule has 2 atom stereocenters. The van der Waals surface area contributed by atoms with E-state index in [0.29, 0.717) is 35.7 Å². The van der Waals surface area contributed by atoms with Crippen LogP contribution in [0.1, 0.15) is 33.8 Å². The largest absolute Gasteiger partial charge is 0.417 e. The molecule has 3 aromatic rings. The van der Waals surface area contributed by atoms with Crippen molar-refractivity contribution in [1.82, 2.24) is 20.4 Å². The first-order chi connectivity index (χ1) is 15.6. The highest BCUT2D eigenvalue weighted by atomic mass is 35.5. The Balaban J connectivity index is 1.53. The minimum atomic E-state index is -4.54. The molecule has 2 aromatic carbocycles. The summed E-state index contributed by atoms with van der Waals surface area (Å²) in [6, 6.07) is 10.5. The summed E-state index contributed by atoms with van der Waals surface area (Å²) in [6.45, 7) is 1.09. The Morgan fingerprint density at radius 3 is 2.52 bits per heavy atom. The van der Waals surface area contributed by atoms with Gasteiger partial charge in [0.25, 0.3) is 5.91 Å². The van der Waals surface area contributed by atoms with Gasteiger partial charge in [0.05, 0.1) is 27.5 Å². The monoisotopic (exact) mass is 496 g/mol. The molecule has 1 aliphatic rings. The number of hydrogen-bond acceptors (Lipinski definition) is 3. The van der Waals surface area contributed by atoms with Gasteiger partial charge >= 0.3 is 6.18 Å². The molecular weight excluding hydrogens is 476 g/mol. The molecule has 1 aromatic heterocycles. The Labute approximate surface area is 198 Å². The lowest BCUT2D eigenvalue weighted by molar-refractivity contribution is -0.137. The van der Waals surface area contributed by atoms with Gasteiger partial charge in [-0.05, 0) is 42.8 Å². The molecule has 0 bridgehead atoms. The molecule has 5 nitrogen and oxygen atoms in total. The number of hydrogen-bond donors (Lipinski definition) is 2. The van der Waals surface area contributed by atoms with Crippen LogP contribution in [-0.2, 0) is 13.2 Å². The molecule has 1 saturated heterocycles. The molecule has 0 aliphatic carbocycles. The van der Waals surface area contributed by atoms with Crippen LogP contribution in [0.15, 0.2) is 48.7 Å². The first kappa shape index (κ1) is 23.6. The van der Waals surface area contributed by atoms with Crippen molar-refractivity contribution in [1.29, 1.82) is 0 Å². The van der Waals surface area contributed by atoms with Crippen LogP contribution in [0.4, 0.5) is 13.2 Å². The van der Waals surface area contributed by atoms with E-state index < -0.39 is 11.7 Å². The van der Waals surface area contributed by atoms with Crippen molar-refractivity contribution >= 4 is 29.1 Å². The lowest BCUT2D eigenvalue weighted by Crippen LogP contribution is -2.50. The summed E-state index contributed by atoms with van der Waals surface area (Å²) in [6.07, 6.45) is -2.41. The van der Waals surface area contributed by atoms with Gasteiger partial charge in [-0.2, -0.15) is 18.3 Å². The van der Waals surface area contributed by atoms with Gasteiger partial charge < -0.3 is 10.6 Å². The Morgan fingerprint density at radius 2 is 1.88 bits per heavy atom. The molecule has 0 spiro atoms. The Morgan fingerprint density at radius 1 is 1.15 bits per heavy atom. The van der Waals surface area contributed by atoms with E-state index in [1.54, 1.807) is 48.3 Å². The maximum absolute atomic E-state index is 13.3. The van der Waals surface area contributed by atoms with Gasteiger partial charge in [0.1, 0.15) is 0 Å². The van der Waals surface area contributed by atoms with Gasteiger partial charge in [-0.3, -0.25) is 9.48 Å².